The van der Waals surface area contributed by atoms with E-state index in [9.17, 15) is 13.6 Å². The molecule has 1 saturated carbocycles. The van der Waals surface area contributed by atoms with Gasteiger partial charge in [0.05, 0.1) is 5.56 Å². The molecular formula is C18H18F2N2OS. The zero-order chi connectivity index (χ0) is 17.2. The van der Waals surface area contributed by atoms with Gasteiger partial charge >= 0.3 is 0 Å². The van der Waals surface area contributed by atoms with Crippen LogP contribution in [0.5, 0.6) is 0 Å². The first-order valence-electron chi connectivity index (χ1n) is 7.94. The molecular weight excluding hydrogens is 330 g/mol. The third-order valence-corrected chi connectivity index (χ3v) is 5.04. The minimum Gasteiger partial charge on any atom is -0.352 e. The topological polar surface area (TPSA) is 44.9 Å². The Morgan fingerprint density at radius 2 is 1.83 bits per heavy atom. The van der Waals surface area contributed by atoms with Gasteiger partial charge in [0, 0.05) is 23.7 Å². The molecule has 0 saturated heterocycles. The normalized spacial score (nSPS) is 16.1. The number of benzene rings is 1. The Hall–Kier alpha value is -2.08. The van der Waals surface area contributed by atoms with Crippen LogP contribution in [0.3, 0.4) is 0 Å². The summed E-state index contributed by atoms with van der Waals surface area (Å²) in [5, 5.41) is 2.82. The molecule has 3 rings (SSSR count). The van der Waals surface area contributed by atoms with Crippen LogP contribution >= 0.6 is 12.2 Å². The molecule has 126 valence electrons. The smallest absolute Gasteiger partial charge is 0.254 e. The summed E-state index contributed by atoms with van der Waals surface area (Å²) in [6.07, 6.45) is 4.70. The molecule has 0 bridgehead atoms. The lowest BCUT2D eigenvalue weighted by Crippen LogP contribution is -2.40. The number of carbonyl (C=O) groups is 1. The van der Waals surface area contributed by atoms with Crippen LogP contribution in [0, 0.1) is 16.3 Å². The SMILES string of the molecule is O=C(NCC1(c2c(F)cccc2F)CCCC1)c1ccc[nH]c1=S. The van der Waals surface area contributed by atoms with Crippen LogP contribution in [-0.4, -0.2) is 17.4 Å². The number of hydrogen-bond donors (Lipinski definition) is 2. The number of pyridine rings is 1. The number of aromatic nitrogens is 1. The quantitative estimate of drug-likeness (QED) is 0.811. The van der Waals surface area contributed by atoms with Crippen molar-refractivity contribution in [2.45, 2.75) is 31.1 Å². The van der Waals surface area contributed by atoms with Crippen molar-refractivity contribution < 1.29 is 13.6 Å². The van der Waals surface area contributed by atoms with Crippen LogP contribution < -0.4 is 5.32 Å². The van der Waals surface area contributed by atoms with E-state index in [2.05, 4.69) is 10.3 Å². The Balaban J connectivity index is 1.87. The zero-order valence-electron chi connectivity index (χ0n) is 13.1. The van der Waals surface area contributed by atoms with E-state index in [4.69, 9.17) is 12.2 Å². The molecule has 1 aliphatic carbocycles. The van der Waals surface area contributed by atoms with Crippen LogP contribution in [0.1, 0.15) is 41.6 Å². The van der Waals surface area contributed by atoms with Gasteiger partial charge in [0.1, 0.15) is 16.3 Å². The number of hydrogen-bond acceptors (Lipinski definition) is 2. The maximum atomic E-state index is 14.3. The molecule has 1 amide bonds. The van der Waals surface area contributed by atoms with Gasteiger partial charge in [-0.05, 0) is 37.1 Å². The van der Waals surface area contributed by atoms with E-state index in [1.807, 2.05) is 0 Å². The maximum Gasteiger partial charge on any atom is 0.254 e. The fraction of sp³-hybridized carbons (Fsp3) is 0.333. The largest absolute Gasteiger partial charge is 0.352 e. The lowest BCUT2D eigenvalue weighted by atomic mass is 9.78. The summed E-state index contributed by atoms with van der Waals surface area (Å²) < 4.78 is 28.9. The van der Waals surface area contributed by atoms with Crippen molar-refractivity contribution in [3.8, 4) is 0 Å². The molecule has 1 aromatic heterocycles. The minimum absolute atomic E-state index is 0.0843. The second kappa shape index (κ2) is 6.81. The van der Waals surface area contributed by atoms with E-state index in [1.54, 1.807) is 18.3 Å². The second-order valence-corrected chi connectivity index (χ2v) is 6.59. The zero-order valence-corrected chi connectivity index (χ0v) is 13.9. The summed E-state index contributed by atoms with van der Waals surface area (Å²) in [4.78, 5) is 15.2. The molecule has 6 heteroatoms. The van der Waals surface area contributed by atoms with Gasteiger partial charge in [-0.25, -0.2) is 8.78 Å². The number of rotatable bonds is 4. The van der Waals surface area contributed by atoms with Crippen molar-refractivity contribution in [3.63, 3.8) is 0 Å². The highest BCUT2D eigenvalue weighted by molar-refractivity contribution is 7.71. The van der Waals surface area contributed by atoms with Crippen LogP contribution in [0.4, 0.5) is 8.78 Å². The lowest BCUT2D eigenvalue weighted by molar-refractivity contribution is 0.0941. The van der Waals surface area contributed by atoms with Crippen molar-refractivity contribution in [2.24, 2.45) is 0 Å². The predicted octanol–water partition coefficient (Wildman–Crippen LogP) is 4.26. The molecule has 2 N–H and O–H groups in total. The Bertz CT molecular complexity index is 792. The molecule has 0 unspecified atom stereocenters. The molecule has 0 spiro atoms. The van der Waals surface area contributed by atoms with Gasteiger partial charge in [-0.2, -0.15) is 0 Å². The van der Waals surface area contributed by atoms with E-state index >= 15 is 0 Å². The van der Waals surface area contributed by atoms with E-state index < -0.39 is 17.0 Å². The average Bonchev–Trinajstić information content (AvgIpc) is 3.03. The standard InChI is InChI=1S/C18H18F2N2OS/c19-13-6-3-7-14(20)15(13)18(8-1-2-9-18)11-22-16(23)12-5-4-10-21-17(12)24/h3-7,10H,1-2,8-9,11H2,(H,21,24)(H,22,23). The predicted molar refractivity (Wildman–Crippen MR) is 90.5 cm³/mol. The molecule has 0 radical (unpaired) electrons. The van der Waals surface area contributed by atoms with Gasteiger partial charge < -0.3 is 10.3 Å². The maximum absolute atomic E-state index is 14.3. The van der Waals surface area contributed by atoms with Gasteiger partial charge in [0.15, 0.2) is 0 Å². The molecule has 1 heterocycles. The third kappa shape index (κ3) is 3.11. The van der Waals surface area contributed by atoms with Crippen LogP contribution in [0.2, 0.25) is 0 Å². The van der Waals surface area contributed by atoms with E-state index in [1.165, 1.54) is 18.2 Å². The summed E-state index contributed by atoms with van der Waals surface area (Å²) in [5.74, 6) is -1.44. The van der Waals surface area contributed by atoms with Gasteiger partial charge in [-0.3, -0.25) is 4.79 Å². The van der Waals surface area contributed by atoms with Crippen molar-refractivity contribution in [1.82, 2.24) is 10.3 Å². The first-order chi connectivity index (χ1) is 11.5. The molecule has 1 fully saturated rings. The Morgan fingerprint density at radius 1 is 1.17 bits per heavy atom. The van der Waals surface area contributed by atoms with Gasteiger partial charge in [-0.1, -0.05) is 31.1 Å². The number of amides is 1. The number of halogens is 2. The fourth-order valence-electron chi connectivity index (χ4n) is 3.52. The van der Waals surface area contributed by atoms with E-state index in [-0.39, 0.29) is 18.0 Å². The summed E-state index contributed by atoms with van der Waals surface area (Å²) in [5.41, 5.74) is -0.263. The molecule has 1 aliphatic rings. The molecule has 0 atom stereocenters. The fourth-order valence-corrected chi connectivity index (χ4v) is 3.75. The summed E-state index contributed by atoms with van der Waals surface area (Å²) in [6.45, 7) is 0.188. The Morgan fingerprint density at radius 3 is 2.46 bits per heavy atom. The van der Waals surface area contributed by atoms with Crippen molar-refractivity contribution in [3.05, 3.63) is 63.9 Å². The van der Waals surface area contributed by atoms with Gasteiger partial charge in [0.25, 0.3) is 5.91 Å². The molecule has 1 aromatic carbocycles. The molecule has 2 aromatic rings. The monoisotopic (exact) mass is 348 g/mol. The molecule has 3 nitrogen and oxygen atoms in total. The highest BCUT2D eigenvalue weighted by atomic mass is 32.1. The number of nitrogens with one attached hydrogen (secondary N) is 2. The Kier molecular flexibility index (Phi) is 4.76. The molecule has 24 heavy (non-hydrogen) atoms. The van der Waals surface area contributed by atoms with Crippen LogP contribution in [0.15, 0.2) is 36.5 Å². The lowest BCUT2D eigenvalue weighted by Gasteiger charge is -2.30. The first kappa shape index (κ1) is 16.8. The average molecular weight is 348 g/mol. The van der Waals surface area contributed by atoms with Gasteiger partial charge in [0.2, 0.25) is 0 Å². The number of carbonyl (C=O) groups excluding carboxylic acids is 1. The minimum atomic E-state index is -0.703. The number of aromatic amines is 1. The summed E-state index contributed by atoms with van der Waals surface area (Å²) >= 11 is 5.10. The summed E-state index contributed by atoms with van der Waals surface area (Å²) in [7, 11) is 0. The highest BCUT2D eigenvalue weighted by Gasteiger charge is 2.40. The van der Waals surface area contributed by atoms with Crippen molar-refractivity contribution in [1.29, 1.82) is 0 Å². The van der Waals surface area contributed by atoms with Crippen molar-refractivity contribution >= 4 is 18.1 Å². The Labute approximate surface area is 144 Å². The van der Waals surface area contributed by atoms with Crippen LogP contribution in [0.25, 0.3) is 0 Å². The molecule has 0 aliphatic heterocycles. The van der Waals surface area contributed by atoms with E-state index in [0.717, 1.165) is 12.8 Å². The number of H-pyrrole nitrogens is 1. The van der Waals surface area contributed by atoms with Gasteiger partial charge in [-0.15, -0.1) is 0 Å². The first-order valence-corrected chi connectivity index (χ1v) is 8.35. The van der Waals surface area contributed by atoms with E-state index in [0.29, 0.717) is 23.0 Å². The van der Waals surface area contributed by atoms with Crippen molar-refractivity contribution in [2.75, 3.05) is 6.54 Å². The third-order valence-electron chi connectivity index (χ3n) is 4.70. The van der Waals surface area contributed by atoms with Crippen LogP contribution in [-0.2, 0) is 5.41 Å². The summed E-state index contributed by atoms with van der Waals surface area (Å²) in [6, 6.07) is 7.21. The highest BCUT2D eigenvalue weighted by Crippen LogP contribution is 2.42. The second-order valence-electron chi connectivity index (χ2n) is 6.18.